The van der Waals surface area contributed by atoms with Crippen LogP contribution in [0.5, 0.6) is 0 Å². The van der Waals surface area contributed by atoms with E-state index < -0.39 is 0 Å². The smallest absolute Gasteiger partial charge is 0.123 e. The van der Waals surface area contributed by atoms with Crippen LogP contribution in [0.4, 0.5) is 10.1 Å². The Labute approximate surface area is 211 Å². The van der Waals surface area contributed by atoms with Gasteiger partial charge in [0.1, 0.15) is 5.82 Å². The summed E-state index contributed by atoms with van der Waals surface area (Å²) >= 11 is 1.78. The molecule has 2 aliphatic rings. The predicted octanol–water partition coefficient (Wildman–Crippen LogP) is 7.81. The molecule has 1 aromatic rings. The van der Waals surface area contributed by atoms with Gasteiger partial charge < -0.3 is 10.2 Å². The summed E-state index contributed by atoms with van der Waals surface area (Å²) in [4.78, 5) is 3.67. The third-order valence-corrected chi connectivity index (χ3v) is 7.52. The molecule has 0 bridgehead atoms. The van der Waals surface area contributed by atoms with E-state index in [4.69, 9.17) is 0 Å². The monoisotopic (exact) mass is 483 g/mol. The van der Waals surface area contributed by atoms with E-state index in [-0.39, 0.29) is 11.2 Å². The van der Waals surface area contributed by atoms with Gasteiger partial charge in [-0.2, -0.15) is 0 Å². The summed E-state index contributed by atoms with van der Waals surface area (Å²) in [7, 11) is 0. The molecule has 3 nitrogen and oxygen atoms in total. The summed E-state index contributed by atoms with van der Waals surface area (Å²) in [5, 5.41) is 3.53. The number of benzene rings is 1. The maximum absolute atomic E-state index is 13.3. The van der Waals surface area contributed by atoms with E-state index in [1.165, 1.54) is 23.3 Å². The number of halogens is 1. The molecule has 1 unspecified atom stereocenters. The highest BCUT2D eigenvalue weighted by Gasteiger charge is 2.43. The fourth-order valence-electron chi connectivity index (χ4n) is 4.72. The van der Waals surface area contributed by atoms with Crippen LogP contribution in [0.3, 0.4) is 0 Å². The summed E-state index contributed by atoms with van der Waals surface area (Å²) in [6.45, 7) is 23.7. The molecule has 1 aliphatic carbocycles. The molecule has 0 aromatic heterocycles. The molecule has 0 radical (unpaired) electrons. The van der Waals surface area contributed by atoms with Crippen molar-refractivity contribution in [2.24, 2.45) is 5.41 Å². The zero-order valence-electron chi connectivity index (χ0n) is 21.7. The average Bonchev–Trinajstić information content (AvgIpc) is 2.85. The maximum atomic E-state index is 13.3. The fourth-order valence-corrected chi connectivity index (χ4v) is 5.74. The third kappa shape index (κ3) is 7.21. The molecule has 1 heterocycles. The van der Waals surface area contributed by atoms with Crippen molar-refractivity contribution < 1.29 is 4.39 Å². The van der Waals surface area contributed by atoms with Gasteiger partial charge in [0.25, 0.3) is 0 Å². The Hall–Kier alpha value is -2.08. The minimum atomic E-state index is -0.212. The van der Waals surface area contributed by atoms with E-state index in [0.29, 0.717) is 0 Å². The highest BCUT2D eigenvalue weighted by Crippen LogP contribution is 2.47. The standard InChI is InChI=1S/C27H36FN3S.C2H6/c1-6-10-25(7-2)32-31-16-15-22-17-26(29-24-13-11-23(28)12-14-24)21(5)18-27(22,20-31)19-30(8-3)9-4;1-2/h6-7,10-14,17,29H,1-2,8-9,15-16,18-20H2,3-5H3;1-2H3/b25-10+;. The Balaban J connectivity index is 0.00000199. The predicted molar refractivity (Wildman–Crippen MR) is 149 cm³/mol. The van der Waals surface area contributed by atoms with Crippen molar-refractivity contribution in [2.75, 3.05) is 38.0 Å². The van der Waals surface area contributed by atoms with Crippen molar-refractivity contribution in [3.63, 3.8) is 0 Å². The molecule has 1 saturated heterocycles. The van der Waals surface area contributed by atoms with Crippen LogP contribution in [-0.4, -0.2) is 41.9 Å². The van der Waals surface area contributed by atoms with E-state index in [2.05, 4.69) is 54.5 Å². The van der Waals surface area contributed by atoms with Gasteiger partial charge in [-0.3, -0.25) is 0 Å². The van der Waals surface area contributed by atoms with Crippen LogP contribution in [0.25, 0.3) is 0 Å². The van der Waals surface area contributed by atoms with Crippen molar-refractivity contribution in [3.05, 3.63) is 89.3 Å². The van der Waals surface area contributed by atoms with Gasteiger partial charge in [0.05, 0.1) is 0 Å². The number of fused-ring (bicyclic) bond motifs is 1. The first-order valence-electron chi connectivity index (χ1n) is 12.5. The van der Waals surface area contributed by atoms with Crippen LogP contribution < -0.4 is 5.32 Å². The number of anilines is 1. The van der Waals surface area contributed by atoms with Crippen molar-refractivity contribution in [1.29, 1.82) is 0 Å². The summed E-state index contributed by atoms with van der Waals surface area (Å²) in [6, 6.07) is 6.60. The van der Waals surface area contributed by atoms with Crippen LogP contribution in [0.15, 0.2) is 83.5 Å². The molecule has 1 fully saturated rings. The molecule has 186 valence electrons. The lowest BCUT2D eigenvalue weighted by Crippen LogP contribution is -2.50. The molecule has 0 saturated carbocycles. The zero-order valence-corrected chi connectivity index (χ0v) is 22.5. The van der Waals surface area contributed by atoms with Crippen LogP contribution in [0.1, 0.15) is 47.5 Å². The van der Waals surface area contributed by atoms with Gasteiger partial charge in [-0.15, -0.1) is 0 Å². The molecular formula is C29H42FN3S. The normalized spacial score (nSPS) is 20.8. The highest BCUT2D eigenvalue weighted by atomic mass is 32.2. The van der Waals surface area contributed by atoms with E-state index >= 15 is 0 Å². The van der Waals surface area contributed by atoms with Gasteiger partial charge in [0.15, 0.2) is 0 Å². The van der Waals surface area contributed by atoms with Gasteiger partial charge in [-0.05, 0) is 86.8 Å². The summed E-state index contributed by atoms with van der Waals surface area (Å²) in [6.07, 6.45) is 10.2. The summed E-state index contributed by atoms with van der Waals surface area (Å²) in [5.41, 5.74) is 5.04. The van der Waals surface area contributed by atoms with E-state index in [0.717, 1.165) is 61.9 Å². The van der Waals surface area contributed by atoms with Crippen LogP contribution in [0, 0.1) is 11.2 Å². The van der Waals surface area contributed by atoms with Gasteiger partial charge >= 0.3 is 0 Å². The molecule has 3 rings (SSSR count). The number of nitrogens with zero attached hydrogens (tertiary/aromatic N) is 2. The Morgan fingerprint density at radius 2 is 1.88 bits per heavy atom. The van der Waals surface area contributed by atoms with Gasteiger partial charge in [0, 0.05) is 41.3 Å². The molecule has 34 heavy (non-hydrogen) atoms. The van der Waals surface area contributed by atoms with Crippen LogP contribution in [0.2, 0.25) is 0 Å². The minimum Gasteiger partial charge on any atom is -0.356 e. The minimum absolute atomic E-state index is 0.0930. The molecular weight excluding hydrogens is 441 g/mol. The zero-order chi connectivity index (χ0) is 25.1. The highest BCUT2D eigenvalue weighted by molar-refractivity contribution is 8.01. The van der Waals surface area contributed by atoms with Gasteiger partial charge in [-0.1, -0.05) is 58.6 Å². The first-order valence-corrected chi connectivity index (χ1v) is 13.2. The topological polar surface area (TPSA) is 18.5 Å². The number of nitrogens with one attached hydrogen (secondary N) is 1. The second-order valence-electron chi connectivity index (χ2n) is 8.63. The van der Waals surface area contributed by atoms with Crippen molar-refractivity contribution in [1.82, 2.24) is 9.21 Å². The van der Waals surface area contributed by atoms with E-state index in [9.17, 15) is 4.39 Å². The molecule has 0 spiro atoms. The Bertz CT molecular complexity index is 912. The summed E-state index contributed by atoms with van der Waals surface area (Å²) in [5.74, 6) is -0.212. The number of hydrogen-bond acceptors (Lipinski definition) is 4. The third-order valence-electron chi connectivity index (χ3n) is 6.43. The molecule has 1 atom stereocenters. The molecule has 1 N–H and O–H groups in total. The Kier molecular flexibility index (Phi) is 11.4. The first-order chi connectivity index (χ1) is 16.4. The van der Waals surface area contributed by atoms with Crippen LogP contribution in [-0.2, 0) is 0 Å². The SMILES string of the molecule is C=C/C=C(\C=C)SN1CCC2=CC(Nc3ccc(F)cc3)=C(C)CC2(CN(CC)CC)C1.CC. The van der Waals surface area contributed by atoms with Crippen molar-refractivity contribution in [3.8, 4) is 0 Å². The first kappa shape index (κ1) is 28.2. The molecule has 0 amide bonds. The summed E-state index contributed by atoms with van der Waals surface area (Å²) < 4.78 is 15.8. The van der Waals surface area contributed by atoms with E-state index in [1.807, 2.05) is 32.1 Å². The second-order valence-corrected chi connectivity index (χ2v) is 9.80. The fraction of sp³-hybridized carbons (Fsp3) is 0.448. The van der Waals surface area contributed by atoms with E-state index in [1.54, 1.807) is 24.1 Å². The lowest BCUT2D eigenvalue weighted by atomic mass is 9.68. The lowest BCUT2D eigenvalue weighted by molar-refractivity contribution is 0.140. The quantitative estimate of drug-likeness (QED) is 0.270. The lowest BCUT2D eigenvalue weighted by Gasteiger charge is -2.49. The maximum Gasteiger partial charge on any atom is 0.123 e. The molecule has 1 aliphatic heterocycles. The number of piperidine rings is 1. The largest absolute Gasteiger partial charge is 0.356 e. The second kappa shape index (κ2) is 13.7. The van der Waals surface area contributed by atoms with Crippen molar-refractivity contribution in [2.45, 2.75) is 47.5 Å². The molecule has 1 aromatic carbocycles. The average molecular weight is 484 g/mol. The van der Waals surface area contributed by atoms with Crippen LogP contribution >= 0.6 is 11.9 Å². The number of allylic oxidation sites excluding steroid dienone is 5. The van der Waals surface area contributed by atoms with Gasteiger partial charge in [-0.25, -0.2) is 8.70 Å². The Morgan fingerprint density at radius 1 is 1.21 bits per heavy atom. The van der Waals surface area contributed by atoms with Crippen molar-refractivity contribution >= 4 is 17.6 Å². The van der Waals surface area contributed by atoms with Gasteiger partial charge in [0.2, 0.25) is 0 Å². The number of hydrogen-bond donors (Lipinski definition) is 1. The number of rotatable bonds is 10. The molecule has 5 heteroatoms. The Morgan fingerprint density at radius 3 is 2.47 bits per heavy atom.